The summed E-state index contributed by atoms with van der Waals surface area (Å²) in [6.07, 6.45) is 3.90. The van der Waals surface area contributed by atoms with Crippen molar-refractivity contribution >= 4 is 15.9 Å². The van der Waals surface area contributed by atoms with Crippen LogP contribution in [0.3, 0.4) is 0 Å². The van der Waals surface area contributed by atoms with E-state index < -0.39 is 0 Å². The lowest BCUT2D eigenvalue weighted by molar-refractivity contribution is 0.507. The Kier molecular flexibility index (Phi) is 2.84. The van der Waals surface area contributed by atoms with E-state index in [1.807, 2.05) is 12.1 Å². The molecule has 1 aromatic rings. The van der Waals surface area contributed by atoms with Crippen LogP contribution in [-0.4, -0.2) is 5.33 Å². The minimum absolute atomic E-state index is 1.04. The maximum atomic E-state index is 5.11. The number of furan rings is 1. The first-order valence-electron chi connectivity index (χ1n) is 3.02. The van der Waals surface area contributed by atoms with Crippen LogP contribution in [0.1, 0.15) is 12.2 Å². The van der Waals surface area contributed by atoms with Crippen LogP contribution in [0, 0.1) is 0 Å². The monoisotopic (exact) mass is 188 g/mol. The summed E-state index contributed by atoms with van der Waals surface area (Å²) in [6, 6.07) is 3.92. The molecule has 0 aliphatic rings. The summed E-state index contributed by atoms with van der Waals surface area (Å²) in [5.74, 6) is 1.08. The van der Waals surface area contributed by atoms with Gasteiger partial charge < -0.3 is 4.42 Å². The van der Waals surface area contributed by atoms with Crippen LogP contribution in [0.15, 0.2) is 22.8 Å². The molecule has 1 nitrogen and oxygen atoms in total. The summed E-state index contributed by atoms with van der Waals surface area (Å²) < 4.78 is 5.11. The van der Waals surface area contributed by atoms with Gasteiger partial charge in [-0.1, -0.05) is 15.9 Å². The molecule has 2 heteroatoms. The van der Waals surface area contributed by atoms with E-state index in [2.05, 4.69) is 15.9 Å². The van der Waals surface area contributed by atoms with Gasteiger partial charge in [-0.3, -0.25) is 0 Å². The van der Waals surface area contributed by atoms with Crippen molar-refractivity contribution in [2.24, 2.45) is 0 Å². The SMILES string of the molecule is BrCCCc1ccco1. The van der Waals surface area contributed by atoms with Crippen LogP contribution in [-0.2, 0) is 6.42 Å². The van der Waals surface area contributed by atoms with Gasteiger partial charge in [0.05, 0.1) is 6.26 Å². The zero-order valence-corrected chi connectivity index (χ0v) is 6.73. The van der Waals surface area contributed by atoms with Gasteiger partial charge in [0, 0.05) is 11.8 Å². The topological polar surface area (TPSA) is 13.1 Å². The molecule has 1 rings (SSSR count). The van der Waals surface area contributed by atoms with Gasteiger partial charge in [-0.15, -0.1) is 0 Å². The van der Waals surface area contributed by atoms with E-state index in [1.54, 1.807) is 6.26 Å². The molecule has 1 aromatic heterocycles. The van der Waals surface area contributed by atoms with Gasteiger partial charge in [0.2, 0.25) is 0 Å². The fraction of sp³-hybridized carbons (Fsp3) is 0.429. The van der Waals surface area contributed by atoms with Gasteiger partial charge in [0.1, 0.15) is 5.76 Å². The number of hydrogen-bond acceptors (Lipinski definition) is 1. The van der Waals surface area contributed by atoms with Crippen LogP contribution in [0.25, 0.3) is 0 Å². The van der Waals surface area contributed by atoms with Crippen LogP contribution in [0.4, 0.5) is 0 Å². The van der Waals surface area contributed by atoms with Crippen LogP contribution < -0.4 is 0 Å². The summed E-state index contributed by atoms with van der Waals surface area (Å²) in [4.78, 5) is 0. The summed E-state index contributed by atoms with van der Waals surface area (Å²) in [5, 5.41) is 1.05. The maximum Gasteiger partial charge on any atom is 0.103 e. The first kappa shape index (κ1) is 6.87. The number of aryl methyl sites for hydroxylation is 1. The number of hydrogen-bond donors (Lipinski definition) is 0. The molecule has 0 saturated carbocycles. The third-order valence-electron chi connectivity index (χ3n) is 1.14. The molecule has 0 saturated heterocycles. The van der Waals surface area contributed by atoms with Gasteiger partial charge in [-0.2, -0.15) is 0 Å². The number of rotatable bonds is 3. The molecule has 1 heterocycles. The highest BCUT2D eigenvalue weighted by molar-refractivity contribution is 9.09. The predicted molar refractivity (Wildman–Crippen MR) is 40.8 cm³/mol. The highest BCUT2D eigenvalue weighted by Gasteiger charge is 1.91. The van der Waals surface area contributed by atoms with Crippen molar-refractivity contribution < 1.29 is 4.42 Å². The van der Waals surface area contributed by atoms with E-state index in [9.17, 15) is 0 Å². The average molecular weight is 189 g/mol. The minimum atomic E-state index is 1.04. The van der Waals surface area contributed by atoms with Crippen molar-refractivity contribution in [3.63, 3.8) is 0 Å². The molecule has 0 atom stereocenters. The summed E-state index contributed by atoms with van der Waals surface area (Å²) in [5.41, 5.74) is 0. The third-order valence-corrected chi connectivity index (χ3v) is 1.70. The molecular formula is C7H9BrO. The Bertz CT molecular complexity index is 146. The fourth-order valence-electron chi connectivity index (χ4n) is 0.696. The Morgan fingerprint density at radius 2 is 2.44 bits per heavy atom. The second-order valence-corrected chi connectivity index (χ2v) is 2.66. The van der Waals surface area contributed by atoms with Gasteiger partial charge in [0.15, 0.2) is 0 Å². The summed E-state index contributed by atoms with van der Waals surface area (Å²) >= 11 is 3.35. The zero-order chi connectivity index (χ0) is 6.53. The van der Waals surface area contributed by atoms with E-state index in [0.29, 0.717) is 0 Å². The standard InChI is InChI=1S/C7H9BrO/c8-5-1-3-7-4-2-6-9-7/h2,4,6H,1,3,5H2. The quantitative estimate of drug-likeness (QED) is 0.666. The first-order chi connectivity index (χ1) is 4.43. The molecule has 0 bridgehead atoms. The molecule has 50 valence electrons. The second-order valence-electron chi connectivity index (χ2n) is 1.87. The second kappa shape index (κ2) is 3.72. The van der Waals surface area contributed by atoms with E-state index in [-0.39, 0.29) is 0 Å². The van der Waals surface area contributed by atoms with E-state index in [4.69, 9.17) is 4.42 Å². The smallest absolute Gasteiger partial charge is 0.103 e. The normalized spacial score (nSPS) is 9.89. The highest BCUT2D eigenvalue weighted by atomic mass is 79.9. The molecule has 0 aromatic carbocycles. The molecule has 0 aliphatic heterocycles. The van der Waals surface area contributed by atoms with Crippen molar-refractivity contribution in [3.8, 4) is 0 Å². The Morgan fingerprint density at radius 3 is 3.00 bits per heavy atom. The van der Waals surface area contributed by atoms with Gasteiger partial charge in [-0.05, 0) is 18.6 Å². The average Bonchev–Trinajstić information content (AvgIpc) is 2.34. The van der Waals surface area contributed by atoms with E-state index >= 15 is 0 Å². The largest absolute Gasteiger partial charge is 0.469 e. The molecule has 0 radical (unpaired) electrons. The summed E-state index contributed by atoms with van der Waals surface area (Å²) in [7, 11) is 0. The van der Waals surface area contributed by atoms with Crippen molar-refractivity contribution in [1.29, 1.82) is 0 Å². The Balaban J connectivity index is 2.30. The lowest BCUT2D eigenvalue weighted by atomic mass is 10.3. The molecule has 9 heavy (non-hydrogen) atoms. The lowest BCUT2D eigenvalue weighted by Crippen LogP contribution is -1.80. The Hall–Kier alpha value is -0.240. The maximum absolute atomic E-state index is 5.11. The third kappa shape index (κ3) is 2.22. The molecule has 0 unspecified atom stereocenters. The van der Waals surface area contributed by atoms with Crippen molar-refractivity contribution in [2.45, 2.75) is 12.8 Å². The van der Waals surface area contributed by atoms with E-state index in [0.717, 1.165) is 23.9 Å². The van der Waals surface area contributed by atoms with E-state index in [1.165, 1.54) is 0 Å². The van der Waals surface area contributed by atoms with Crippen molar-refractivity contribution in [3.05, 3.63) is 24.2 Å². The van der Waals surface area contributed by atoms with Gasteiger partial charge in [0.25, 0.3) is 0 Å². The van der Waals surface area contributed by atoms with Crippen molar-refractivity contribution in [1.82, 2.24) is 0 Å². The number of alkyl halides is 1. The van der Waals surface area contributed by atoms with Crippen LogP contribution in [0.5, 0.6) is 0 Å². The molecular weight excluding hydrogens is 180 g/mol. The van der Waals surface area contributed by atoms with Crippen LogP contribution in [0.2, 0.25) is 0 Å². The summed E-state index contributed by atoms with van der Waals surface area (Å²) in [6.45, 7) is 0. The molecule has 0 fully saturated rings. The molecule has 0 N–H and O–H groups in total. The lowest BCUT2D eigenvalue weighted by Gasteiger charge is -1.89. The molecule has 0 aliphatic carbocycles. The predicted octanol–water partition coefficient (Wildman–Crippen LogP) is 2.61. The Morgan fingerprint density at radius 1 is 1.56 bits per heavy atom. The first-order valence-corrected chi connectivity index (χ1v) is 4.14. The fourth-order valence-corrected chi connectivity index (χ4v) is 0.976. The zero-order valence-electron chi connectivity index (χ0n) is 5.14. The van der Waals surface area contributed by atoms with Crippen molar-refractivity contribution in [2.75, 3.05) is 5.33 Å². The number of halogens is 1. The minimum Gasteiger partial charge on any atom is -0.469 e. The van der Waals surface area contributed by atoms with Gasteiger partial charge in [-0.25, -0.2) is 0 Å². The van der Waals surface area contributed by atoms with Gasteiger partial charge >= 0.3 is 0 Å². The van der Waals surface area contributed by atoms with Crippen LogP contribution >= 0.6 is 15.9 Å². The molecule has 0 spiro atoms. The highest BCUT2D eigenvalue weighted by Crippen LogP contribution is 2.03. The Labute approximate surface area is 63.2 Å². The molecule has 0 amide bonds.